The van der Waals surface area contributed by atoms with Crippen molar-refractivity contribution in [1.29, 1.82) is 0 Å². The number of pyridine rings is 1. The van der Waals surface area contributed by atoms with E-state index in [2.05, 4.69) is 52.1 Å². The topological polar surface area (TPSA) is 50.7 Å². The predicted molar refractivity (Wildman–Crippen MR) is 82.5 cm³/mol. The molecule has 3 aromatic rings. The number of fused-ring (bicyclic) bond motifs is 1. The highest BCUT2D eigenvalue weighted by Gasteiger charge is 2.06. The molecule has 2 aromatic heterocycles. The Morgan fingerprint density at radius 3 is 2.79 bits per heavy atom. The molecule has 0 amide bonds. The number of nitrogens with one attached hydrogen (secondary N) is 1. The molecule has 0 aliphatic heterocycles. The van der Waals surface area contributed by atoms with Crippen molar-refractivity contribution < 1.29 is 0 Å². The van der Waals surface area contributed by atoms with Gasteiger partial charge in [0.1, 0.15) is 12.1 Å². The van der Waals surface area contributed by atoms with E-state index in [0.717, 1.165) is 25.5 Å². The minimum atomic E-state index is 0.715. The maximum Gasteiger partial charge on any atom is 0.148 e. The van der Waals surface area contributed by atoms with Crippen molar-refractivity contribution in [1.82, 2.24) is 15.0 Å². The summed E-state index contributed by atoms with van der Waals surface area (Å²) >= 11 is 6.84. The third-order valence-electron chi connectivity index (χ3n) is 2.60. The molecule has 4 nitrogen and oxygen atoms in total. The second-order valence-corrected chi connectivity index (χ2v) is 5.65. The van der Waals surface area contributed by atoms with Crippen LogP contribution in [0.5, 0.6) is 0 Å². The fourth-order valence-corrected chi connectivity index (χ4v) is 2.44. The van der Waals surface area contributed by atoms with E-state index < -0.39 is 0 Å². The van der Waals surface area contributed by atoms with E-state index in [1.54, 1.807) is 12.4 Å². The molecule has 94 valence electrons. The van der Waals surface area contributed by atoms with Gasteiger partial charge in [0.2, 0.25) is 0 Å². The second-order valence-electron chi connectivity index (χ2n) is 3.88. The lowest BCUT2D eigenvalue weighted by Gasteiger charge is -2.09. The number of nitrogens with zero attached hydrogens (tertiary/aromatic N) is 3. The van der Waals surface area contributed by atoms with E-state index >= 15 is 0 Å². The number of rotatable bonds is 2. The summed E-state index contributed by atoms with van der Waals surface area (Å²) in [4.78, 5) is 12.6. The van der Waals surface area contributed by atoms with Gasteiger partial charge in [-0.1, -0.05) is 12.1 Å². The summed E-state index contributed by atoms with van der Waals surface area (Å²) in [7, 11) is 0. The molecule has 0 bridgehead atoms. The van der Waals surface area contributed by atoms with Crippen LogP contribution in [-0.2, 0) is 0 Å². The molecule has 2 heterocycles. The lowest BCUT2D eigenvalue weighted by atomic mass is 10.2. The lowest BCUT2D eigenvalue weighted by Crippen LogP contribution is -1.96. The molecule has 0 atom stereocenters. The van der Waals surface area contributed by atoms with E-state index in [-0.39, 0.29) is 0 Å². The summed E-state index contributed by atoms with van der Waals surface area (Å²) in [5.74, 6) is 0.715. The molecule has 0 spiro atoms. The maximum absolute atomic E-state index is 4.44. The van der Waals surface area contributed by atoms with Crippen LogP contribution in [0.15, 0.2) is 51.9 Å². The minimum Gasteiger partial charge on any atom is -0.337 e. The summed E-state index contributed by atoms with van der Waals surface area (Å²) in [6.45, 7) is 0. The molecule has 6 heteroatoms. The van der Waals surface area contributed by atoms with E-state index in [4.69, 9.17) is 0 Å². The molecule has 0 saturated heterocycles. The number of hydrogen-bond donors (Lipinski definition) is 1. The Morgan fingerprint density at radius 2 is 1.95 bits per heavy atom. The van der Waals surface area contributed by atoms with Gasteiger partial charge in [-0.2, -0.15) is 0 Å². The van der Waals surface area contributed by atoms with Crippen LogP contribution in [0.2, 0.25) is 0 Å². The van der Waals surface area contributed by atoms with Gasteiger partial charge in [-0.15, -0.1) is 0 Å². The van der Waals surface area contributed by atoms with Crippen molar-refractivity contribution >= 4 is 54.3 Å². The third-order valence-corrected chi connectivity index (χ3v) is 3.61. The second kappa shape index (κ2) is 5.22. The van der Waals surface area contributed by atoms with Gasteiger partial charge >= 0.3 is 0 Å². The average molecular weight is 380 g/mol. The molecule has 3 rings (SSSR count). The van der Waals surface area contributed by atoms with Crippen molar-refractivity contribution in [2.45, 2.75) is 0 Å². The molecule has 19 heavy (non-hydrogen) atoms. The fraction of sp³-hybridized carbons (Fsp3) is 0. The van der Waals surface area contributed by atoms with Gasteiger partial charge < -0.3 is 5.32 Å². The van der Waals surface area contributed by atoms with Crippen LogP contribution in [0.4, 0.5) is 11.5 Å². The smallest absolute Gasteiger partial charge is 0.148 e. The van der Waals surface area contributed by atoms with Crippen LogP contribution in [0.1, 0.15) is 0 Å². The molecule has 0 unspecified atom stereocenters. The first-order valence-electron chi connectivity index (χ1n) is 5.51. The molecule has 0 saturated carbocycles. The van der Waals surface area contributed by atoms with Gasteiger partial charge in [0.25, 0.3) is 0 Å². The Hall–Kier alpha value is -1.53. The van der Waals surface area contributed by atoms with Crippen LogP contribution in [0, 0.1) is 0 Å². The normalized spacial score (nSPS) is 10.6. The molecule has 0 aliphatic carbocycles. The average Bonchev–Trinajstić information content (AvgIpc) is 2.41. The number of halogens is 2. The molecule has 0 aliphatic rings. The highest BCUT2D eigenvalue weighted by atomic mass is 79.9. The first kappa shape index (κ1) is 12.5. The van der Waals surface area contributed by atoms with Gasteiger partial charge in [0.05, 0.1) is 15.7 Å². The zero-order valence-corrected chi connectivity index (χ0v) is 12.8. The molecule has 0 fully saturated rings. The number of hydrogen-bond acceptors (Lipinski definition) is 4. The lowest BCUT2D eigenvalue weighted by molar-refractivity contribution is 1.15. The Balaban J connectivity index is 2.09. The molecule has 1 N–H and O–H groups in total. The first-order valence-corrected chi connectivity index (χ1v) is 7.09. The number of benzene rings is 1. The van der Waals surface area contributed by atoms with Gasteiger partial charge in [0, 0.05) is 22.3 Å². The monoisotopic (exact) mass is 378 g/mol. The molecule has 0 radical (unpaired) electrons. The Kier molecular flexibility index (Phi) is 3.44. The summed E-state index contributed by atoms with van der Waals surface area (Å²) in [5.41, 5.74) is 1.81. The van der Waals surface area contributed by atoms with Crippen LogP contribution in [0.25, 0.3) is 10.9 Å². The van der Waals surface area contributed by atoms with Gasteiger partial charge in [-0.3, -0.25) is 4.98 Å². The van der Waals surface area contributed by atoms with Gasteiger partial charge in [-0.05, 0) is 44.0 Å². The van der Waals surface area contributed by atoms with E-state index in [1.807, 2.05) is 24.3 Å². The van der Waals surface area contributed by atoms with E-state index in [9.17, 15) is 0 Å². The summed E-state index contributed by atoms with van der Waals surface area (Å²) in [6.07, 6.45) is 4.98. The quantitative estimate of drug-likeness (QED) is 0.721. The fourth-order valence-electron chi connectivity index (χ4n) is 1.77. The van der Waals surface area contributed by atoms with Crippen molar-refractivity contribution in [2.75, 3.05) is 5.32 Å². The van der Waals surface area contributed by atoms with Crippen LogP contribution in [-0.4, -0.2) is 15.0 Å². The SMILES string of the molecule is Brc1cnc2c(Nc3ncncc3Br)cccc2c1. The molecular formula is C13H8Br2N4. The van der Waals surface area contributed by atoms with Crippen LogP contribution < -0.4 is 5.32 Å². The molecular weight excluding hydrogens is 372 g/mol. The standard InChI is InChI=1S/C13H8Br2N4/c14-9-4-8-2-1-3-11(12(8)17-5-9)19-13-10(15)6-16-7-18-13/h1-7H,(H,16,18,19). The highest BCUT2D eigenvalue weighted by molar-refractivity contribution is 9.10. The zero-order chi connectivity index (χ0) is 13.2. The minimum absolute atomic E-state index is 0.715. The van der Waals surface area contributed by atoms with Gasteiger partial charge in [0.15, 0.2) is 0 Å². The number of anilines is 2. The Labute approximate surface area is 126 Å². The Bertz CT molecular complexity index is 746. The third kappa shape index (κ3) is 2.59. The van der Waals surface area contributed by atoms with Gasteiger partial charge in [-0.25, -0.2) is 9.97 Å². The van der Waals surface area contributed by atoms with Crippen molar-refractivity contribution in [3.8, 4) is 0 Å². The predicted octanol–water partition coefficient (Wildman–Crippen LogP) is 4.29. The van der Waals surface area contributed by atoms with Crippen molar-refractivity contribution in [3.63, 3.8) is 0 Å². The number of para-hydroxylation sites is 1. The summed E-state index contributed by atoms with van der Waals surface area (Å²) < 4.78 is 1.77. The molecule has 1 aromatic carbocycles. The summed E-state index contributed by atoms with van der Waals surface area (Å²) in [5, 5.41) is 4.32. The summed E-state index contributed by atoms with van der Waals surface area (Å²) in [6, 6.07) is 8.00. The van der Waals surface area contributed by atoms with Crippen molar-refractivity contribution in [2.24, 2.45) is 0 Å². The van der Waals surface area contributed by atoms with Crippen LogP contribution in [0.3, 0.4) is 0 Å². The van der Waals surface area contributed by atoms with E-state index in [0.29, 0.717) is 5.82 Å². The highest BCUT2D eigenvalue weighted by Crippen LogP contribution is 2.28. The largest absolute Gasteiger partial charge is 0.337 e. The Morgan fingerprint density at radius 1 is 1.05 bits per heavy atom. The zero-order valence-electron chi connectivity index (χ0n) is 9.64. The van der Waals surface area contributed by atoms with Crippen molar-refractivity contribution in [3.05, 3.63) is 51.9 Å². The first-order chi connectivity index (χ1) is 9.24. The van der Waals surface area contributed by atoms with E-state index in [1.165, 1.54) is 6.33 Å². The number of aromatic nitrogens is 3. The van der Waals surface area contributed by atoms with Crippen LogP contribution >= 0.6 is 31.9 Å². The maximum atomic E-state index is 4.44.